The largest absolute Gasteiger partial charge is 0.370 e. The quantitative estimate of drug-likeness (QED) is 0.505. The van der Waals surface area contributed by atoms with Gasteiger partial charge in [0.25, 0.3) is 0 Å². The Morgan fingerprint density at radius 1 is 1.29 bits per heavy atom. The molecule has 3 N–H and O–H groups in total. The van der Waals surface area contributed by atoms with Crippen molar-refractivity contribution in [2.75, 3.05) is 6.54 Å². The van der Waals surface area contributed by atoms with Gasteiger partial charge in [0, 0.05) is 12.6 Å². The molecule has 0 aliphatic heterocycles. The predicted molar refractivity (Wildman–Crippen MR) is 75.1 cm³/mol. The fraction of sp³-hybridized carbons (Fsp3) is 0.929. The van der Waals surface area contributed by atoms with Crippen LogP contribution >= 0.6 is 0 Å². The highest BCUT2D eigenvalue weighted by atomic mass is 15.1. The monoisotopic (exact) mass is 239 g/mol. The highest BCUT2D eigenvalue weighted by Crippen LogP contribution is 2.31. The number of nitrogens with one attached hydrogen (secondary N) is 1. The Labute approximate surface area is 106 Å². The summed E-state index contributed by atoms with van der Waals surface area (Å²) >= 11 is 0. The Morgan fingerprint density at radius 2 is 2.00 bits per heavy atom. The van der Waals surface area contributed by atoms with E-state index in [0.717, 1.165) is 18.4 Å². The van der Waals surface area contributed by atoms with Gasteiger partial charge in [0.05, 0.1) is 0 Å². The maximum Gasteiger partial charge on any atom is 0.188 e. The van der Waals surface area contributed by atoms with Crippen LogP contribution in [0.1, 0.15) is 59.3 Å². The number of nitrogens with zero attached hydrogens (tertiary/aromatic N) is 1. The van der Waals surface area contributed by atoms with Crippen molar-refractivity contribution in [3.8, 4) is 0 Å². The molecule has 3 nitrogen and oxygen atoms in total. The average molecular weight is 239 g/mol. The van der Waals surface area contributed by atoms with Crippen LogP contribution in [0.25, 0.3) is 0 Å². The Bertz CT molecular complexity index is 232. The number of hydrogen-bond donors (Lipinski definition) is 2. The summed E-state index contributed by atoms with van der Waals surface area (Å²) in [6.45, 7) is 7.61. The van der Waals surface area contributed by atoms with Crippen LogP contribution in [0.15, 0.2) is 4.99 Å². The molecule has 1 fully saturated rings. The summed E-state index contributed by atoms with van der Waals surface area (Å²) in [6.07, 6.45) is 7.75. The van der Waals surface area contributed by atoms with Crippen molar-refractivity contribution >= 4 is 5.96 Å². The van der Waals surface area contributed by atoms with Crippen molar-refractivity contribution in [2.24, 2.45) is 22.6 Å². The van der Waals surface area contributed by atoms with Crippen LogP contribution in [0.4, 0.5) is 0 Å². The van der Waals surface area contributed by atoms with Crippen molar-refractivity contribution in [1.82, 2.24) is 5.32 Å². The molecule has 0 radical (unpaired) electrons. The van der Waals surface area contributed by atoms with Crippen LogP contribution in [0, 0.1) is 11.8 Å². The van der Waals surface area contributed by atoms with Crippen LogP contribution in [-0.2, 0) is 0 Å². The molecule has 0 amide bonds. The second-order valence-electron chi connectivity index (χ2n) is 5.87. The molecule has 1 aliphatic carbocycles. The molecule has 1 unspecified atom stereocenters. The number of guanidine groups is 1. The zero-order valence-electron chi connectivity index (χ0n) is 11.7. The van der Waals surface area contributed by atoms with Crippen molar-refractivity contribution in [3.63, 3.8) is 0 Å². The lowest BCUT2D eigenvalue weighted by Gasteiger charge is -2.15. The summed E-state index contributed by atoms with van der Waals surface area (Å²) in [5.41, 5.74) is 5.85. The van der Waals surface area contributed by atoms with Gasteiger partial charge in [0.2, 0.25) is 0 Å². The second kappa shape index (κ2) is 7.57. The summed E-state index contributed by atoms with van der Waals surface area (Å²) < 4.78 is 0. The first-order valence-electron chi connectivity index (χ1n) is 7.14. The van der Waals surface area contributed by atoms with Crippen LogP contribution in [-0.4, -0.2) is 18.5 Å². The Kier molecular flexibility index (Phi) is 6.38. The first-order valence-corrected chi connectivity index (χ1v) is 7.14. The lowest BCUT2D eigenvalue weighted by Crippen LogP contribution is -2.38. The number of hydrogen-bond acceptors (Lipinski definition) is 1. The molecule has 17 heavy (non-hydrogen) atoms. The van der Waals surface area contributed by atoms with Crippen molar-refractivity contribution in [1.29, 1.82) is 0 Å². The molecule has 1 saturated carbocycles. The third-order valence-corrected chi connectivity index (χ3v) is 3.33. The molecule has 0 aromatic heterocycles. The second-order valence-corrected chi connectivity index (χ2v) is 5.87. The summed E-state index contributed by atoms with van der Waals surface area (Å²) in [5, 5.41) is 3.28. The van der Waals surface area contributed by atoms with Crippen molar-refractivity contribution < 1.29 is 0 Å². The number of aliphatic imine (C=N–C) groups is 1. The predicted octanol–water partition coefficient (Wildman–Crippen LogP) is 2.91. The zero-order valence-corrected chi connectivity index (χ0v) is 11.7. The fourth-order valence-electron chi connectivity index (χ4n) is 1.98. The van der Waals surface area contributed by atoms with Gasteiger partial charge in [0.1, 0.15) is 0 Å². The van der Waals surface area contributed by atoms with E-state index in [0.29, 0.717) is 12.0 Å². The molecule has 1 aliphatic rings. The maximum absolute atomic E-state index is 5.85. The first kappa shape index (κ1) is 14.3. The summed E-state index contributed by atoms with van der Waals surface area (Å²) in [4.78, 5) is 4.37. The first-order chi connectivity index (χ1) is 8.08. The number of rotatable bonds is 8. The van der Waals surface area contributed by atoms with Gasteiger partial charge in [-0.1, -0.05) is 39.5 Å². The normalized spacial score (nSPS) is 18.5. The van der Waals surface area contributed by atoms with E-state index in [4.69, 9.17) is 5.73 Å². The summed E-state index contributed by atoms with van der Waals surface area (Å²) in [7, 11) is 0. The Balaban J connectivity index is 2.04. The van der Waals surface area contributed by atoms with Gasteiger partial charge in [0.15, 0.2) is 5.96 Å². The molecule has 0 heterocycles. The van der Waals surface area contributed by atoms with Gasteiger partial charge in [-0.2, -0.15) is 0 Å². The van der Waals surface area contributed by atoms with E-state index >= 15 is 0 Å². The van der Waals surface area contributed by atoms with E-state index in [9.17, 15) is 0 Å². The lowest BCUT2D eigenvalue weighted by molar-refractivity contribution is 0.493. The smallest absolute Gasteiger partial charge is 0.188 e. The van der Waals surface area contributed by atoms with Crippen LogP contribution in [0.2, 0.25) is 0 Å². The Morgan fingerprint density at radius 3 is 2.59 bits per heavy atom. The van der Waals surface area contributed by atoms with E-state index in [1.165, 1.54) is 38.5 Å². The maximum atomic E-state index is 5.85. The lowest BCUT2D eigenvalue weighted by atomic mass is 10.0. The standard InChI is InChI=1S/C14H29N3/c1-11(2)5-4-6-12(3)17-14(15)16-10-9-13-7-8-13/h11-13H,4-10H2,1-3H3,(H3,15,16,17). The average Bonchev–Trinajstić information content (AvgIpc) is 3.00. The highest BCUT2D eigenvalue weighted by Gasteiger charge is 2.20. The zero-order chi connectivity index (χ0) is 12.7. The summed E-state index contributed by atoms with van der Waals surface area (Å²) in [5.74, 6) is 2.37. The minimum Gasteiger partial charge on any atom is -0.370 e. The molecule has 1 atom stereocenters. The highest BCUT2D eigenvalue weighted by molar-refractivity contribution is 5.78. The topological polar surface area (TPSA) is 50.4 Å². The summed E-state index contributed by atoms with van der Waals surface area (Å²) in [6, 6.07) is 0.443. The van der Waals surface area contributed by atoms with Gasteiger partial charge in [-0.05, 0) is 31.6 Å². The van der Waals surface area contributed by atoms with E-state index in [-0.39, 0.29) is 0 Å². The van der Waals surface area contributed by atoms with Crippen molar-refractivity contribution in [3.05, 3.63) is 0 Å². The van der Waals surface area contributed by atoms with Crippen LogP contribution in [0.3, 0.4) is 0 Å². The third-order valence-electron chi connectivity index (χ3n) is 3.33. The molecular formula is C14H29N3. The van der Waals surface area contributed by atoms with E-state index < -0.39 is 0 Å². The van der Waals surface area contributed by atoms with Gasteiger partial charge < -0.3 is 11.1 Å². The van der Waals surface area contributed by atoms with Gasteiger partial charge in [-0.15, -0.1) is 0 Å². The third kappa shape index (κ3) is 8.06. The van der Waals surface area contributed by atoms with Crippen LogP contribution in [0.5, 0.6) is 0 Å². The molecule has 100 valence electrons. The van der Waals surface area contributed by atoms with Crippen molar-refractivity contribution in [2.45, 2.75) is 65.3 Å². The Hall–Kier alpha value is -0.730. The van der Waals surface area contributed by atoms with Crippen LogP contribution < -0.4 is 11.1 Å². The molecular weight excluding hydrogens is 210 g/mol. The minimum atomic E-state index is 0.443. The SMILES string of the molecule is CC(C)CCCC(C)NC(N)=NCCC1CC1. The van der Waals surface area contributed by atoms with Gasteiger partial charge in [-0.3, -0.25) is 4.99 Å². The fourth-order valence-corrected chi connectivity index (χ4v) is 1.98. The molecule has 0 spiro atoms. The molecule has 0 saturated heterocycles. The molecule has 0 bridgehead atoms. The van der Waals surface area contributed by atoms with E-state index in [1.807, 2.05) is 0 Å². The van der Waals surface area contributed by atoms with E-state index in [2.05, 4.69) is 31.1 Å². The molecule has 3 heteroatoms. The molecule has 1 rings (SSSR count). The minimum absolute atomic E-state index is 0.443. The molecule has 0 aromatic carbocycles. The van der Waals surface area contributed by atoms with Gasteiger partial charge in [-0.25, -0.2) is 0 Å². The number of nitrogens with two attached hydrogens (primary N) is 1. The van der Waals surface area contributed by atoms with Gasteiger partial charge >= 0.3 is 0 Å². The van der Waals surface area contributed by atoms with E-state index in [1.54, 1.807) is 0 Å². The molecule has 0 aromatic rings.